The standard InChI is InChI=1S/C5H12N6/c6-3(7)4-10-1-2-11(4)5(8)9/h4,10H,1-2H2,(H3,6,7)(H3,8,9). The fraction of sp³-hybridized carbons (Fsp3) is 0.600. The molecule has 1 fully saturated rings. The summed E-state index contributed by atoms with van der Waals surface area (Å²) in [6, 6.07) is 0. The van der Waals surface area contributed by atoms with E-state index in [0.717, 1.165) is 0 Å². The van der Waals surface area contributed by atoms with Crippen LogP contribution in [0.3, 0.4) is 0 Å². The smallest absolute Gasteiger partial charge is 0.190 e. The minimum atomic E-state index is -0.382. The van der Waals surface area contributed by atoms with Crippen LogP contribution in [0.4, 0.5) is 0 Å². The predicted octanol–water partition coefficient (Wildman–Crippen LogP) is -1.95. The van der Waals surface area contributed by atoms with E-state index in [1.165, 1.54) is 0 Å². The van der Waals surface area contributed by atoms with Gasteiger partial charge in [0.25, 0.3) is 0 Å². The Balaban J connectivity index is 2.65. The summed E-state index contributed by atoms with van der Waals surface area (Å²) in [4.78, 5) is 1.54. The topological polar surface area (TPSA) is 115 Å². The normalized spacial score (nSPS) is 23.6. The van der Waals surface area contributed by atoms with Gasteiger partial charge < -0.3 is 16.4 Å². The third-order valence-electron chi connectivity index (χ3n) is 1.61. The lowest BCUT2D eigenvalue weighted by Crippen LogP contribution is -2.50. The Kier molecular flexibility index (Phi) is 1.95. The molecular weight excluding hydrogens is 144 g/mol. The van der Waals surface area contributed by atoms with E-state index in [9.17, 15) is 0 Å². The molecule has 6 nitrogen and oxygen atoms in total. The SMILES string of the molecule is N=C(N)C1NCCN1C(=N)N. The zero-order chi connectivity index (χ0) is 8.43. The van der Waals surface area contributed by atoms with Gasteiger partial charge in [-0.15, -0.1) is 0 Å². The second kappa shape index (κ2) is 2.75. The van der Waals surface area contributed by atoms with Gasteiger partial charge in [0.2, 0.25) is 0 Å². The molecule has 0 bridgehead atoms. The monoisotopic (exact) mass is 156 g/mol. The van der Waals surface area contributed by atoms with Crippen molar-refractivity contribution in [2.75, 3.05) is 13.1 Å². The Hall–Kier alpha value is -1.30. The highest BCUT2D eigenvalue weighted by molar-refractivity contribution is 5.88. The average molecular weight is 156 g/mol. The molecule has 1 unspecified atom stereocenters. The van der Waals surface area contributed by atoms with E-state index in [-0.39, 0.29) is 18.0 Å². The first-order valence-electron chi connectivity index (χ1n) is 3.31. The summed E-state index contributed by atoms with van der Waals surface area (Å²) in [7, 11) is 0. The molecular formula is C5H12N6. The highest BCUT2D eigenvalue weighted by Crippen LogP contribution is 2.00. The van der Waals surface area contributed by atoms with Gasteiger partial charge in [-0.3, -0.25) is 16.1 Å². The average Bonchev–Trinajstić information content (AvgIpc) is 2.32. The van der Waals surface area contributed by atoms with Crippen LogP contribution >= 0.6 is 0 Å². The van der Waals surface area contributed by atoms with Crippen LogP contribution in [0.15, 0.2) is 0 Å². The molecule has 7 N–H and O–H groups in total. The van der Waals surface area contributed by atoms with Crippen molar-refractivity contribution < 1.29 is 0 Å². The quantitative estimate of drug-likeness (QED) is 0.224. The van der Waals surface area contributed by atoms with E-state index in [1.54, 1.807) is 4.90 Å². The van der Waals surface area contributed by atoms with E-state index in [2.05, 4.69) is 5.32 Å². The maximum absolute atomic E-state index is 7.14. The van der Waals surface area contributed by atoms with Crippen molar-refractivity contribution in [2.24, 2.45) is 11.5 Å². The van der Waals surface area contributed by atoms with Crippen molar-refractivity contribution in [3.8, 4) is 0 Å². The first kappa shape index (κ1) is 7.80. The predicted molar refractivity (Wildman–Crippen MR) is 42.3 cm³/mol. The number of nitrogens with zero attached hydrogens (tertiary/aromatic N) is 1. The van der Waals surface area contributed by atoms with Crippen molar-refractivity contribution in [1.29, 1.82) is 10.8 Å². The minimum absolute atomic E-state index is 0.00213. The zero-order valence-corrected chi connectivity index (χ0v) is 6.09. The Morgan fingerprint density at radius 3 is 2.45 bits per heavy atom. The maximum atomic E-state index is 7.14. The van der Waals surface area contributed by atoms with E-state index in [1.807, 2.05) is 0 Å². The summed E-state index contributed by atoms with van der Waals surface area (Å²) in [5, 5.41) is 17.2. The van der Waals surface area contributed by atoms with Crippen LogP contribution in [0.1, 0.15) is 0 Å². The van der Waals surface area contributed by atoms with Gasteiger partial charge in [-0.25, -0.2) is 0 Å². The fourth-order valence-electron chi connectivity index (χ4n) is 1.10. The summed E-state index contributed by atoms with van der Waals surface area (Å²) < 4.78 is 0. The first-order chi connectivity index (χ1) is 5.13. The molecule has 0 amide bonds. The summed E-state index contributed by atoms with van der Waals surface area (Å²) >= 11 is 0. The van der Waals surface area contributed by atoms with Gasteiger partial charge in [0.05, 0.1) is 0 Å². The van der Waals surface area contributed by atoms with Gasteiger partial charge in [0.15, 0.2) is 5.96 Å². The van der Waals surface area contributed by atoms with Gasteiger partial charge in [0.1, 0.15) is 12.0 Å². The molecule has 0 aliphatic carbocycles. The lowest BCUT2D eigenvalue weighted by molar-refractivity contribution is 0.439. The van der Waals surface area contributed by atoms with E-state index in [4.69, 9.17) is 22.3 Å². The number of guanidine groups is 1. The molecule has 0 aromatic heterocycles. The molecule has 11 heavy (non-hydrogen) atoms. The van der Waals surface area contributed by atoms with E-state index >= 15 is 0 Å². The summed E-state index contributed by atoms with van der Waals surface area (Å²) in [6.07, 6.45) is -0.382. The molecule has 0 aromatic carbocycles. The number of amidine groups is 1. The molecule has 0 aromatic rings. The molecule has 0 radical (unpaired) electrons. The lowest BCUT2D eigenvalue weighted by atomic mass is 10.4. The van der Waals surface area contributed by atoms with Gasteiger partial charge in [-0.2, -0.15) is 0 Å². The zero-order valence-electron chi connectivity index (χ0n) is 6.09. The maximum Gasteiger partial charge on any atom is 0.190 e. The molecule has 1 atom stereocenters. The van der Waals surface area contributed by atoms with Gasteiger partial charge in [-0.1, -0.05) is 0 Å². The molecule has 0 spiro atoms. The van der Waals surface area contributed by atoms with Crippen molar-refractivity contribution >= 4 is 11.8 Å². The van der Waals surface area contributed by atoms with Crippen molar-refractivity contribution in [3.05, 3.63) is 0 Å². The molecule has 6 heteroatoms. The van der Waals surface area contributed by atoms with Crippen LogP contribution in [0.5, 0.6) is 0 Å². The summed E-state index contributed by atoms with van der Waals surface area (Å²) in [5.41, 5.74) is 10.5. The third kappa shape index (κ3) is 1.40. The van der Waals surface area contributed by atoms with Crippen molar-refractivity contribution in [1.82, 2.24) is 10.2 Å². The number of nitrogens with two attached hydrogens (primary N) is 2. The third-order valence-corrected chi connectivity index (χ3v) is 1.61. The summed E-state index contributed by atoms with van der Waals surface area (Å²) in [5.74, 6) is -0.0482. The highest BCUT2D eigenvalue weighted by Gasteiger charge is 2.26. The largest absolute Gasteiger partial charge is 0.385 e. The van der Waals surface area contributed by atoms with Crippen molar-refractivity contribution in [3.63, 3.8) is 0 Å². The van der Waals surface area contributed by atoms with Crippen LogP contribution in [-0.4, -0.2) is 36.0 Å². The molecule has 1 rings (SSSR count). The highest BCUT2D eigenvalue weighted by atomic mass is 15.4. The molecule has 1 saturated heterocycles. The lowest BCUT2D eigenvalue weighted by Gasteiger charge is -2.22. The molecule has 1 aliphatic heterocycles. The number of hydrogen-bond donors (Lipinski definition) is 5. The number of nitrogens with one attached hydrogen (secondary N) is 3. The second-order valence-electron chi connectivity index (χ2n) is 2.39. The Morgan fingerprint density at radius 1 is 1.45 bits per heavy atom. The molecule has 1 heterocycles. The second-order valence-corrected chi connectivity index (χ2v) is 2.39. The molecule has 62 valence electrons. The molecule has 1 aliphatic rings. The fourth-order valence-corrected chi connectivity index (χ4v) is 1.10. The first-order valence-corrected chi connectivity index (χ1v) is 3.31. The minimum Gasteiger partial charge on any atom is -0.385 e. The van der Waals surface area contributed by atoms with E-state index in [0.29, 0.717) is 13.1 Å². The van der Waals surface area contributed by atoms with Gasteiger partial charge in [-0.05, 0) is 0 Å². The number of hydrogen-bond acceptors (Lipinski definition) is 3. The Bertz CT molecular complexity index is 167. The van der Waals surface area contributed by atoms with Gasteiger partial charge in [0, 0.05) is 13.1 Å². The van der Waals surface area contributed by atoms with Crippen LogP contribution in [0.25, 0.3) is 0 Å². The van der Waals surface area contributed by atoms with Gasteiger partial charge >= 0.3 is 0 Å². The number of rotatable bonds is 1. The Morgan fingerprint density at radius 2 is 2.09 bits per heavy atom. The van der Waals surface area contributed by atoms with Crippen LogP contribution in [0, 0.1) is 10.8 Å². The van der Waals surface area contributed by atoms with Crippen LogP contribution in [0.2, 0.25) is 0 Å². The van der Waals surface area contributed by atoms with Crippen LogP contribution < -0.4 is 16.8 Å². The van der Waals surface area contributed by atoms with Crippen molar-refractivity contribution in [2.45, 2.75) is 6.17 Å². The summed E-state index contributed by atoms with van der Waals surface area (Å²) in [6.45, 7) is 1.35. The Labute approximate surface area is 64.6 Å². The van der Waals surface area contributed by atoms with Crippen LogP contribution in [-0.2, 0) is 0 Å². The molecule has 0 saturated carbocycles. The van der Waals surface area contributed by atoms with E-state index < -0.39 is 0 Å².